The minimum absolute atomic E-state index is 0.111. The summed E-state index contributed by atoms with van der Waals surface area (Å²) in [4.78, 5) is 25.9. The van der Waals surface area contributed by atoms with Crippen molar-refractivity contribution in [2.24, 2.45) is 0 Å². The highest BCUT2D eigenvalue weighted by atomic mass is 19.1. The molecule has 2 aromatic heterocycles. The molecule has 0 aliphatic heterocycles. The minimum Gasteiger partial charge on any atom is -0.345 e. The maximum Gasteiger partial charge on any atom is 0.350 e. The van der Waals surface area contributed by atoms with Gasteiger partial charge in [-0.05, 0) is 30.2 Å². The number of carbonyl (C=O) groups excluding carboxylic acids is 1. The van der Waals surface area contributed by atoms with Crippen LogP contribution in [0.25, 0.3) is 5.65 Å². The first-order valence-corrected chi connectivity index (χ1v) is 8.08. The van der Waals surface area contributed by atoms with Crippen molar-refractivity contribution < 1.29 is 9.18 Å². The monoisotopic (exact) mass is 342 g/mol. The molecule has 0 fully saturated rings. The molecule has 0 N–H and O–H groups in total. The average Bonchev–Trinajstić information content (AvgIpc) is 2.95. The van der Waals surface area contributed by atoms with Crippen molar-refractivity contribution in [2.75, 3.05) is 13.6 Å². The Balaban J connectivity index is 1.57. The van der Waals surface area contributed by atoms with Crippen LogP contribution in [0.3, 0.4) is 0 Å². The van der Waals surface area contributed by atoms with Gasteiger partial charge in [0.25, 0.3) is 0 Å². The van der Waals surface area contributed by atoms with Crippen LogP contribution in [0.4, 0.5) is 4.39 Å². The van der Waals surface area contributed by atoms with Gasteiger partial charge >= 0.3 is 5.69 Å². The molecule has 0 radical (unpaired) electrons. The molecule has 0 saturated carbocycles. The number of carbonyl (C=O) groups is 1. The molecule has 0 saturated heterocycles. The van der Waals surface area contributed by atoms with Crippen molar-refractivity contribution in [3.63, 3.8) is 0 Å². The molecule has 6 nitrogen and oxygen atoms in total. The topological polar surface area (TPSA) is 59.6 Å². The number of hydrogen-bond acceptors (Lipinski definition) is 3. The first-order chi connectivity index (χ1) is 12.1. The number of rotatable bonds is 6. The van der Waals surface area contributed by atoms with Crippen LogP contribution >= 0.6 is 0 Å². The summed E-state index contributed by atoms with van der Waals surface area (Å²) >= 11 is 0. The fourth-order valence-corrected chi connectivity index (χ4v) is 2.62. The van der Waals surface area contributed by atoms with Crippen LogP contribution in [0.5, 0.6) is 0 Å². The SMILES string of the molecule is CN(CCc1ccccc1F)C(=O)CCn1nc2ccccn2c1=O. The number of aryl methyl sites for hydroxylation is 1. The molecule has 1 amide bonds. The van der Waals surface area contributed by atoms with Gasteiger partial charge in [0.2, 0.25) is 5.91 Å². The lowest BCUT2D eigenvalue weighted by Gasteiger charge is -2.17. The highest BCUT2D eigenvalue weighted by Crippen LogP contribution is 2.08. The molecule has 3 aromatic rings. The third kappa shape index (κ3) is 3.76. The molecular weight excluding hydrogens is 323 g/mol. The molecule has 130 valence electrons. The van der Waals surface area contributed by atoms with Gasteiger partial charge in [-0.2, -0.15) is 0 Å². The van der Waals surface area contributed by atoms with Crippen LogP contribution in [0.1, 0.15) is 12.0 Å². The maximum atomic E-state index is 13.6. The summed E-state index contributed by atoms with van der Waals surface area (Å²) in [6, 6.07) is 11.8. The largest absolute Gasteiger partial charge is 0.350 e. The van der Waals surface area contributed by atoms with E-state index in [1.165, 1.54) is 15.1 Å². The average molecular weight is 342 g/mol. The summed E-state index contributed by atoms with van der Waals surface area (Å²) in [6.45, 7) is 0.628. The zero-order valence-corrected chi connectivity index (χ0v) is 13.9. The predicted octanol–water partition coefficient (Wildman–Crippen LogP) is 1.73. The Kier molecular flexibility index (Phi) is 4.92. The van der Waals surface area contributed by atoms with E-state index in [1.807, 2.05) is 0 Å². The van der Waals surface area contributed by atoms with E-state index in [1.54, 1.807) is 54.5 Å². The summed E-state index contributed by atoms with van der Waals surface area (Å²) < 4.78 is 16.3. The predicted molar refractivity (Wildman–Crippen MR) is 91.8 cm³/mol. The third-order valence-corrected chi connectivity index (χ3v) is 4.13. The van der Waals surface area contributed by atoms with Gasteiger partial charge in [0.15, 0.2) is 5.65 Å². The molecule has 3 rings (SSSR count). The van der Waals surface area contributed by atoms with Gasteiger partial charge in [0.05, 0.1) is 6.54 Å². The molecule has 0 aliphatic carbocycles. The number of aromatic nitrogens is 3. The second-order valence-corrected chi connectivity index (χ2v) is 5.84. The molecule has 2 heterocycles. The number of hydrogen-bond donors (Lipinski definition) is 0. The van der Waals surface area contributed by atoms with Gasteiger partial charge in [-0.25, -0.2) is 13.9 Å². The summed E-state index contributed by atoms with van der Waals surface area (Å²) in [5.74, 6) is -0.375. The van der Waals surface area contributed by atoms with Crippen LogP contribution in [0, 0.1) is 5.82 Å². The summed E-state index contributed by atoms with van der Waals surface area (Å²) in [6.07, 6.45) is 2.25. The van der Waals surface area contributed by atoms with Gasteiger partial charge in [0, 0.05) is 26.2 Å². The maximum absolute atomic E-state index is 13.6. The van der Waals surface area contributed by atoms with E-state index in [-0.39, 0.29) is 30.4 Å². The number of benzene rings is 1. The summed E-state index contributed by atoms with van der Waals surface area (Å²) in [5, 5.41) is 4.20. The summed E-state index contributed by atoms with van der Waals surface area (Å²) in [5.41, 5.74) is 0.865. The Bertz CT molecular complexity index is 947. The zero-order valence-electron chi connectivity index (χ0n) is 13.9. The molecule has 0 aliphatic rings. The molecule has 7 heteroatoms. The highest BCUT2D eigenvalue weighted by molar-refractivity contribution is 5.75. The van der Waals surface area contributed by atoms with Crippen LogP contribution in [-0.4, -0.2) is 38.6 Å². The number of amides is 1. The van der Waals surface area contributed by atoms with Gasteiger partial charge in [0.1, 0.15) is 5.82 Å². The molecule has 0 bridgehead atoms. The number of halogens is 1. The lowest BCUT2D eigenvalue weighted by Crippen LogP contribution is -2.31. The molecule has 0 unspecified atom stereocenters. The van der Waals surface area contributed by atoms with Crippen LogP contribution in [0.15, 0.2) is 53.5 Å². The molecule has 0 atom stereocenters. The number of fused-ring (bicyclic) bond motifs is 1. The van der Waals surface area contributed by atoms with E-state index in [9.17, 15) is 14.0 Å². The Morgan fingerprint density at radius 3 is 2.72 bits per heavy atom. The van der Waals surface area contributed by atoms with Crippen LogP contribution < -0.4 is 5.69 Å². The number of likely N-dealkylation sites (N-methyl/N-ethyl adjacent to an activating group) is 1. The zero-order chi connectivity index (χ0) is 17.8. The quantitative estimate of drug-likeness (QED) is 0.685. The van der Waals surface area contributed by atoms with Crippen molar-refractivity contribution in [1.82, 2.24) is 19.1 Å². The lowest BCUT2D eigenvalue weighted by molar-refractivity contribution is -0.130. The van der Waals surface area contributed by atoms with Gasteiger partial charge < -0.3 is 4.90 Å². The second-order valence-electron chi connectivity index (χ2n) is 5.84. The first-order valence-electron chi connectivity index (χ1n) is 8.08. The van der Waals surface area contributed by atoms with E-state index in [0.29, 0.717) is 24.2 Å². The van der Waals surface area contributed by atoms with Crippen LogP contribution in [-0.2, 0) is 17.8 Å². The fraction of sp³-hybridized carbons (Fsp3) is 0.278. The van der Waals surface area contributed by atoms with Crippen molar-refractivity contribution in [2.45, 2.75) is 19.4 Å². The van der Waals surface area contributed by atoms with Gasteiger partial charge in [-0.1, -0.05) is 24.3 Å². The van der Waals surface area contributed by atoms with E-state index in [4.69, 9.17) is 0 Å². The van der Waals surface area contributed by atoms with E-state index >= 15 is 0 Å². The smallest absolute Gasteiger partial charge is 0.345 e. The van der Waals surface area contributed by atoms with Crippen molar-refractivity contribution >= 4 is 11.6 Å². The summed E-state index contributed by atoms with van der Waals surface area (Å²) in [7, 11) is 1.68. The number of pyridine rings is 1. The molecule has 0 spiro atoms. The standard InChI is InChI=1S/C18H19FN4O2/c1-21(12-9-14-6-2-3-7-15(14)19)17(24)10-13-23-18(25)22-11-5-4-8-16(22)20-23/h2-8,11H,9-10,12-13H2,1H3. The molecule has 25 heavy (non-hydrogen) atoms. The van der Waals surface area contributed by atoms with Crippen LogP contribution in [0.2, 0.25) is 0 Å². The Morgan fingerprint density at radius 1 is 1.20 bits per heavy atom. The van der Waals surface area contributed by atoms with Crippen molar-refractivity contribution in [3.8, 4) is 0 Å². The van der Waals surface area contributed by atoms with Crippen molar-refractivity contribution in [3.05, 3.63) is 70.5 Å². The van der Waals surface area contributed by atoms with Crippen molar-refractivity contribution in [1.29, 1.82) is 0 Å². The Hall–Kier alpha value is -2.96. The molecular formula is C18H19FN4O2. The lowest BCUT2D eigenvalue weighted by atomic mass is 10.1. The van der Waals surface area contributed by atoms with E-state index < -0.39 is 0 Å². The van der Waals surface area contributed by atoms with Gasteiger partial charge in [-0.15, -0.1) is 5.10 Å². The normalized spacial score (nSPS) is 11.0. The fourth-order valence-electron chi connectivity index (χ4n) is 2.62. The third-order valence-electron chi connectivity index (χ3n) is 4.13. The van der Waals surface area contributed by atoms with E-state index in [2.05, 4.69) is 5.10 Å². The Labute approximate surface area is 144 Å². The minimum atomic E-state index is -0.266. The van der Waals surface area contributed by atoms with Gasteiger partial charge in [-0.3, -0.25) is 9.20 Å². The second kappa shape index (κ2) is 7.29. The molecule has 1 aromatic carbocycles. The van der Waals surface area contributed by atoms with E-state index in [0.717, 1.165) is 0 Å². The highest BCUT2D eigenvalue weighted by Gasteiger charge is 2.12. The Morgan fingerprint density at radius 2 is 1.96 bits per heavy atom. The number of nitrogens with zero attached hydrogens (tertiary/aromatic N) is 4. The first kappa shape index (κ1) is 16.9.